The van der Waals surface area contributed by atoms with Gasteiger partial charge in [-0.15, -0.1) is 0 Å². The molecule has 0 saturated carbocycles. The highest BCUT2D eigenvalue weighted by atomic mass is 32.2. The second kappa shape index (κ2) is 6.17. The molecule has 0 saturated heterocycles. The molecule has 0 fully saturated rings. The zero-order valence-electron chi connectivity index (χ0n) is 14.4. The number of halogens is 1. The van der Waals surface area contributed by atoms with Crippen LogP contribution < -0.4 is 5.32 Å². The highest BCUT2D eigenvalue weighted by molar-refractivity contribution is 7.89. The number of nitrogens with zero attached hydrogens (tertiary/aromatic N) is 1. The Kier molecular flexibility index (Phi) is 4.08. The van der Waals surface area contributed by atoms with Gasteiger partial charge in [0.2, 0.25) is 15.9 Å². The molecule has 0 spiro atoms. The van der Waals surface area contributed by atoms with Crippen molar-refractivity contribution in [3.05, 3.63) is 58.4 Å². The monoisotopic (exact) mass is 374 g/mol. The molecular weight excluding hydrogens is 355 g/mol. The number of carbonyl (C=O) groups is 1. The van der Waals surface area contributed by atoms with E-state index in [-0.39, 0.29) is 23.2 Å². The molecule has 0 aliphatic carbocycles. The summed E-state index contributed by atoms with van der Waals surface area (Å²) in [5.41, 5.74) is 4.04. The van der Waals surface area contributed by atoms with Gasteiger partial charge < -0.3 is 5.32 Å². The zero-order chi connectivity index (χ0) is 18.5. The third-order valence-electron chi connectivity index (χ3n) is 5.11. The molecule has 0 radical (unpaired) electrons. The standard InChI is InChI=1S/C19H19FN2O3S/c1-12-8-15(20)9-13-6-7-22(11-17(12)13)26(24,25)16-3-4-18-14(10-16)2-5-19(23)21-18/h3-4,8-10H,2,5-7,11H2,1H3,(H,21,23). The van der Waals surface area contributed by atoms with Crippen molar-refractivity contribution in [2.24, 2.45) is 0 Å². The number of hydrogen-bond acceptors (Lipinski definition) is 3. The quantitative estimate of drug-likeness (QED) is 0.879. The van der Waals surface area contributed by atoms with Crippen LogP contribution in [0, 0.1) is 12.7 Å². The molecule has 7 heteroatoms. The lowest BCUT2D eigenvalue weighted by molar-refractivity contribution is -0.116. The number of anilines is 1. The van der Waals surface area contributed by atoms with Crippen LogP contribution in [0.2, 0.25) is 0 Å². The number of hydrogen-bond donors (Lipinski definition) is 1. The average molecular weight is 374 g/mol. The number of carbonyl (C=O) groups excluding carboxylic acids is 1. The van der Waals surface area contributed by atoms with Gasteiger partial charge in [0, 0.05) is 25.2 Å². The van der Waals surface area contributed by atoms with Crippen molar-refractivity contribution in [1.29, 1.82) is 0 Å². The Bertz CT molecular complexity index is 1020. The average Bonchev–Trinajstić information content (AvgIpc) is 2.60. The van der Waals surface area contributed by atoms with Crippen LogP contribution in [0.4, 0.5) is 10.1 Å². The number of aryl methyl sites for hydroxylation is 2. The number of sulfonamides is 1. The maximum atomic E-state index is 13.6. The summed E-state index contributed by atoms with van der Waals surface area (Å²) in [6, 6.07) is 7.77. The summed E-state index contributed by atoms with van der Waals surface area (Å²) in [7, 11) is -3.65. The van der Waals surface area contributed by atoms with Crippen LogP contribution in [-0.2, 0) is 34.2 Å². The van der Waals surface area contributed by atoms with Crippen molar-refractivity contribution in [3.8, 4) is 0 Å². The van der Waals surface area contributed by atoms with E-state index in [4.69, 9.17) is 0 Å². The predicted octanol–water partition coefficient (Wildman–Crippen LogP) is 2.77. The number of rotatable bonds is 2. The van der Waals surface area contributed by atoms with Crippen molar-refractivity contribution < 1.29 is 17.6 Å². The maximum absolute atomic E-state index is 13.6. The third kappa shape index (κ3) is 2.91. The number of nitrogens with one attached hydrogen (secondary N) is 1. The third-order valence-corrected chi connectivity index (χ3v) is 6.95. The Morgan fingerprint density at radius 3 is 2.69 bits per heavy atom. The SMILES string of the molecule is Cc1cc(F)cc2c1CN(S(=O)(=O)c1ccc3c(c1)CCC(=O)N3)CC2. The van der Waals surface area contributed by atoms with Crippen molar-refractivity contribution in [1.82, 2.24) is 4.31 Å². The minimum atomic E-state index is -3.65. The fraction of sp³-hybridized carbons (Fsp3) is 0.316. The molecule has 2 aromatic rings. The molecule has 2 aromatic carbocycles. The van der Waals surface area contributed by atoms with Gasteiger partial charge in [0.05, 0.1) is 4.90 Å². The highest BCUT2D eigenvalue weighted by Gasteiger charge is 2.30. The molecule has 1 N–H and O–H groups in total. The van der Waals surface area contributed by atoms with Gasteiger partial charge in [0.15, 0.2) is 0 Å². The first kappa shape index (κ1) is 17.2. The van der Waals surface area contributed by atoms with E-state index in [2.05, 4.69) is 5.32 Å². The summed E-state index contributed by atoms with van der Waals surface area (Å²) in [6.45, 7) is 2.38. The molecule has 0 aromatic heterocycles. The molecule has 0 unspecified atom stereocenters. The van der Waals surface area contributed by atoms with Gasteiger partial charge in [-0.3, -0.25) is 4.79 Å². The molecule has 4 rings (SSSR count). The minimum Gasteiger partial charge on any atom is -0.326 e. The van der Waals surface area contributed by atoms with Gasteiger partial charge in [-0.2, -0.15) is 4.31 Å². The Labute approximate surface area is 151 Å². The first-order chi connectivity index (χ1) is 12.3. The number of amides is 1. The zero-order valence-corrected chi connectivity index (χ0v) is 15.2. The molecule has 1 amide bonds. The van der Waals surface area contributed by atoms with Gasteiger partial charge in [-0.1, -0.05) is 0 Å². The topological polar surface area (TPSA) is 66.5 Å². The molecular formula is C19H19FN2O3S. The van der Waals surface area contributed by atoms with Gasteiger partial charge in [-0.25, -0.2) is 12.8 Å². The van der Waals surface area contributed by atoms with E-state index in [1.54, 1.807) is 19.1 Å². The summed E-state index contributed by atoms with van der Waals surface area (Å²) in [5, 5.41) is 2.76. The van der Waals surface area contributed by atoms with E-state index in [1.165, 1.54) is 22.5 Å². The van der Waals surface area contributed by atoms with Gasteiger partial charge in [-0.05, 0) is 72.4 Å². The van der Waals surface area contributed by atoms with Crippen LogP contribution in [0.5, 0.6) is 0 Å². The molecule has 0 bridgehead atoms. The highest BCUT2D eigenvalue weighted by Crippen LogP contribution is 2.30. The van der Waals surface area contributed by atoms with Crippen LogP contribution >= 0.6 is 0 Å². The lowest BCUT2D eigenvalue weighted by Gasteiger charge is -2.29. The second-order valence-electron chi connectivity index (χ2n) is 6.82. The molecule has 2 aliphatic rings. The summed E-state index contributed by atoms with van der Waals surface area (Å²) in [6.07, 6.45) is 1.39. The summed E-state index contributed by atoms with van der Waals surface area (Å²) in [4.78, 5) is 11.7. The van der Waals surface area contributed by atoms with Gasteiger partial charge in [0.25, 0.3) is 0 Å². The van der Waals surface area contributed by atoms with Gasteiger partial charge >= 0.3 is 0 Å². The first-order valence-corrected chi connectivity index (χ1v) is 9.99. The minimum absolute atomic E-state index is 0.0524. The van der Waals surface area contributed by atoms with Gasteiger partial charge in [0.1, 0.15) is 5.82 Å². The predicted molar refractivity (Wildman–Crippen MR) is 95.8 cm³/mol. The molecule has 26 heavy (non-hydrogen) atoms. The fourth-order valence-corrected chi connectivity index (χ4v) is 5.13. The summed E-state index contributed by atoms with van der Waals surface area (Å²) >= 11 is 0. The molecule has 2 heterocycles. The van der Waals surface area contributed by atoms with Crippen LogP contribution in [0.1, 0.15) is 28.7 Å². The molecule has 2 aliphatic heterocycles. The van der Waals surface area contributed by atoms with Crippen molar-refractivity contribution in [2.75, 3.05) is 11.9 Å². The molecule has 5 nitrogen and oxygen atoms in total. The summed E-state index contributed by atoms with van der Waals surface area (Å²) < 4.78 is 41.2. The Morgan fingerprint density at radius 2 is 1.88 bits per heavy atom. The van der Waals surface area contributed by atoms with Crippen LogP contribution in [-0.4, -0.2) is 25.2 Å². The Hall–Kier alpha value is -2.25. The number of benzene rings is 2. The van der Waals surface area contributed by atoms with Crippen LogP contribution in [0.25, 0.3) is 0 Å². The smallest absolute Gasteiger partial charge is 0.243 e. The number of fused-ring (bicyclic) bond motifs is 2. The summed E-state index contributed by atoms with van der Waals surface area (Å²) in [5.74, 6) is -0.335. The van der Waals surface area contributed by atoms with Crippen LogP contribution in [0.15, 0.2) is 35.2 Å². The Morgan fingerprint density at radius 1 is 1.08 bits per heavy atom. The Balaban J connectivity index is 1.66. The lowest BCUT2D eigenvalue weighted by atomic mass is 9.96. The van der Waals surface area contributed by atoms with Crippen molar-refractivity contribution >= 4 is 21.6 Å². The van der Waals surface area contributed by atoms with E-state index in [0.29, 0.717) is 31.5 Å². The van der Waals surface area contributed by atoms with E-state index in [1.807, 2.05) is 0 Å². The van der Waals surface area contributed by atoms with Crippen molar-refractivity contribution in [2.45, 2.75) is 37.6 Å². The van der Waals surface area contributed by atoms with Crippen molar-refractivity contribution in [3.63, 3.8) is 0 Å². The maximum Gasteiger partial charge on any atom is 0.243 e. The van der Waals surface area contributed by atoms with E-state index < -0.39 is 10.0 Å². The lowest BCUT2D eigenvalue weighted by Crippen LogP contribution is -2.36. The van der Waals surface area contributed by atoms with E-state index >= 15 is 0 Å². The molecule has 136 valence electrons. The second-order valence-corrected chi connectivity index (χ2v) is 8.75. The fourth-order valence-electron chi connectivity index (χ4n) is 3.67. The van der Waals surface area contributed by atoms with E-state index in [0.717, 1.165) is 22.3 Å². The van der Waals surface area contributed by atoms with Crippen LogP contribution in [0.3, 0.4) is 0 Å². The van der Waals surface area contributed by atoms with E-state index in [9.17, 15) is 17.6 Å². The first-order valence-electron chi connectivity index (χ1n) is 8.55. The molecule has 0 atom stereocenters. The largest absolute Gasteiger partial charge is 0.326 e. The normalized spacial score (nSPS) is 17.4.